The highest BCUT2D eigenvalue weighted by atomic mass is 19.3. The Labute approximate surface area is 187 Å². The number of hydrogen-bond acceptors (Lipinski definition) is 7. The zero-order valence-electron chi connectivity index (χ0n) is 17.9. The second-order valence-electron chi connectivity index (χ2n) is 7.79. The highest BCUT2D eigenvalue weighted by molar-refractivity contribution is 6.07. The number of anilines is 2. The van der Waals surface area contributed by atoms with Crippen molar-refractivity contribution in [2.45, 2.75) is 32.3 Å². The van der Waals surface area contributed by atoms with Gasteiger partial charge in [0, 0.05) is 43.3 Å². The van der Waals surface area contributed by atoms with Crippen LogP contribution in [0.25, 0.3) is 11.3 Å². The number of rotatable bonds is 6. The van der Waals surface area contributed by atoms with Gasteiger partial charge >= 0.3 is 6.01 Å². The van der Waals surface area contributed by atoms with Crippen LogP contribution in [0.1, 0.15) is 30.6 Å². The maximum absolute atomic E-state index is 14.5. The molecule has 1 aliphatic heterocycles. The molecule has 8 nitrogen and oxygen atoms in total. The molecule has 33 heavy (non-hydrogen) atoms. The first kappa shape index (κ1) is 22.4. The van der Waals surface area contributed by atoms with Crippen LogP contribution >= 0.6 is 0 Å². The van der Waals surface area contributed by atoms with Gasteiger partial charge in [0.25, 0.3) is 11.8 Å². The van der Waals surface area contributed by atoms with Crippen LogP contribution in [0.4, 0.5) is 24.7 Å². The average molecular weight is 458 g/mol. The maximum atomic E-state index is 14.5. The number of ether oxygens (including phenoxy) is 1. The molecule has 3 aromatic rings. The van der Waals surface area contributed by atoms with E-state index in [4.69, 9.17) is 4.74 Å². The minimum atomic E-state index is -2.89. The first-order chi connectivity index (χ1) is 15.7. The first-order valence-electron chi connectivity index (χ1n) is 10.3. The van der Waals surface area contributed by atoms with Gasteiger partial charge in [-0.15, -0.1) is 0 Å². The zero-order valence-corrected chi connectivity index (χ0v) is 17.9. The van der Waals surface area contributed by atoms with E-state index in [-0.39, 0.29) is 53.4 Å². The lowest BCUT2D eigenvalue weighted by Gasteiger charge is -2.22. The van der Waals surface area contributed by atoms with Gasteiger partial charge in [0.15, 0.2) is 5.82 Å². The number of nitrogens with zero attached hydrogens (tertiary/aromatic N) is 5. The third-order valence-corrected chi connectivity index (χ3v) is 4.88. The van der Waals surface area contributed by atoms with Gasteiger partial charge in [-0.1, -0.05) is 0 Å². The van der Waals surface area contributed by atoms with Gasteiger partial charge in [-0.3, -0.25) is 9.78 Å². The van der Waals surface area contributed by atoms with Crippen molar-refractivity contribution in [3.63, 3.8) is 0 Å². The summed E-state index contributed by atoms with van der Waals surface area (Å²) in [7, 11) is 0. The predicted octanol–water partition coefficient (Wildman–Crippen LogP) is 3.96. The SMILES string of the molecule is CC(C)Oc1ncc(C(=O)Nc2c(-c3ncccc3F)ccnc2N2CCC(F)(F)C2)cn1. The van der Waals surface area contributed by atoms with E-state index in [1.165, 1.54) is 47.9 Å². The van der Waals surface area contributed by atoms with Gasteiger partial charge in [-0.25, -0.2) is 28.1 Å². The molecule has 4 rings (SSSR count). The summed E-state index contributed by atoms with van der Waals surface area (Å²) >= 11 is 0. The van der Waals surface area contributed by atoms with E-state index in [1.807, 2.05) is 13.8 Å². The summed E-state index contributed by atoms with van der Waals surface area (Å²) in [6.45, 7) is 3.09. The standard InChI is InChI=1S/C22H21F3N6O2/c1-13(2)33-21-28-10-14(11-29-21)20(32)30-18-15(17-16(23)4-3-7-26-17)5-8-27-19(18)31-9-6-22(24,25)12-31/h3-5,7-8,10-11,13H,6,9,12H2,1-2H3,(H,30,32). The van der Waals surface area contributed by atoms with Crippen LogP contribution < -0.4 is 15.0 Å². The van der Waals surface area contributed by atoms with Crippen LogP contribution in [0.2, 0.25) is 0 Å². The lowest BCUT2D eigenvalue weighted by molar-refractivity contribution is 0.0257. The Morgan fingerprint density at radius 2 is 1.91 bits per heavy atom. The molecule has 172 valence electrons. The molecule has 3 aromatic heterocycles. The fourth-order valence-electron chi connectivity index (χ4n) is 3.40. The van der Waals surface area contributed by atoms with Gasteiger partial charge in [0.2, 0.25) is 0 Å². The number of pyridine rings is 2. The number of alkyl halides is 2. The van der Waals surface area contributed by atoms with Crippen molar-refractivity contribution in [3.05, 3.63) is 54.4 Å². The Hall–Kier alpha value is -3.76. The summed E-state index contributed by atoms with van der Waals surface area (Å²) in [6, 6.07) is 4.23. The number of nitrogens with one attached hydrogen (secondary N) is 1. The molecule has 4 heterocycles. The summed E-state index contributed by atoms with van der Waals surface area (Å²) in [5.74, 6) is -4.04. The monoisotopic (exact) mass is 458 g/mol. The third-order valence-electron chi connectivity index (χ3n) is 4.88. The lowest BCUT2D eigenvalue weighted by atomic mass is 10.1. The number of halogens is 3. The molecule has 0 unspecified atom stereocenters. The molecule has 1 N–H and O–H groups in total. The van der Waals surface area contributed by atoms with Crippen LogP contribution in [0.5, 0.6) is 6.01 Å². The fraction of sp³-hybridized carbons (Fsp3) is 0.318. The summed E-state index contributed by atoms with van der Waals surface area (Å²) < 4.78 is 47.7. The van der Waals surface area contributed by atoms with Crippen molar-refractivity contribution in [2.75, 3.05) is 23.3 Å². The van der Waals surface area contributed by atoms with Crippen molar-refractivity contribution in [1.29, 1.82) is 0 Å². The lowest BCUT2D eigenvalue weighted by Crippen LogP contribution is -2.27. The second-order valence-corrected chi connectivity index (χ2v) is 7.79. The molecule has 11 heteroatoms. The summed E-state index contributed by atoms with van der Waals surface area (Å²) in [5, 5.41) is 2.67. The maximum Gasteiger partial charge on any atom is 0.316 e. The highest BCUT2D eigenvalue weighted by Gasteiger charge is 2.40. The van der Waals surface area contributed by atoms with Gasteiger partial charge in [-0.05, 0) is 32.0 Å². The minimum absolute atomic E-state index is 0.0291. The number of carbonyl (C=O) groups is 1. The summed E-state index contributed by atoms with van der Waals surface area (Å²) in [6.07, 6.45) is 4.83. The molecule has 0 spiro atoms. The largest absolute Gasteiger partial charge is 0.461 e. The molecule has 1 saturated heterocycles. The number of hydrogen-bond donors (Lipinski definition) is 1. The summed E-state index contributed by atoms with van der Waals surface area (Å²) in [5.41, 5.74) is 0.335. The Bertz CT molecular complexity index is 1160. The van der Waals surface area contributed by atoms with Crippen molar-refractivity contribution in [1.82, 2.24) is 19.9 Å². The third kappa shape index (κ3) is 5.02. The van der Waals surface area contributed by atoms with Crippen LogP contribution in [0, 0.1) is 5.82 Å². The van der Waals surface area contributed by atoms with Crippen LogP contribution in [0.15, 0.2) is 43.0 Å². The van der Waals surface area contributed by atoms with Gasteiger partial charge in [0.1, 0.15) is 11.5 Å². The molecule has 0 atom stereocenters. The second kappa shape index (κ2) is 9.00. The number of carbonyl (C=O) groups excluding carboxylic acids is 1. The molecule has 1 fully saturated rings. The van der Waals surface area contributed by atoms with Crippen molar-refractivity contribution >= 4 is 17.4 Å². The fourth-order valence-corrected chi connectivity index (χ4v) is 3.40. The molecule has 1 aliphatic rings. The Morgan fingerprint density at radius 3 is 2.55 bits per heavy atom. The van der Waals surface area contributed by atoms with Crippen molar-refractivity contribution < 1.29 is 22.7 Å². The van der Waals surface area contributed by atoms with Crippen LogP contribution in [-0.4, -0.2) is 51.0 Å². The quantitative estimate of drug-likeness (QED) is 0.598. The molecule has 0 aromatic carbocycles. The summed E-state index contributed by atoms with van der Waals surface area (Å²) in [4.78, 5) is 30.6. The van der Waals surface area contributed by atoms with Crippen molar-refractivity contribution in [3.8, 4) is 17.3 Å². The van der Waals surface area contributed by atoms with Gasteiger partial charge < -0.3 is 15.0 Å². The topological polar surface area (TPSA) is 93.1 Å². The number of amides is 1. The van der Waals surface area contributed by atoms with E-state index in [1.54, 1.807) is 0 Å². The molecule has 0 saturated carbocycles. The highest BCUT2D eigenvalue weighted by Crippen LogP contribution is 2.39. The van der Waals surface area contributed by atoms with E-state index in [0.717, 1.165) is 0 Å². The van der Waals surface area contributed by atoms with E-state index >= 15 is 0 Å². The first-order valence-corrected chi connectivity index (χ1v) is 10.3. The van der Waals surface area contributed by atoms with E-state index in [9.17, 15) is 18.0 Å². The van der Waals surface area contributed by atoms with E-state index in [2.05, 4.69) is 25.3 Å². The average Bonchev–Trinajstić information content (AvgIpc) is 3.14. The predicted molar refractivity (Wildman–Crippen MR) is 115 cm³/mol. The minimum Gasteiger partial charge on any atom is -0.461 e. The van der Waals surface area contributed by atoms with Gasteiger partial charge in [-0.2, -0.15) is 0 Å². The van der Waals surface area contributed by atoms with Crippen LogP contribution in [0.3, 0.4) is 0 Å². The normalized spacial score (nSPS) is 15.0. The Kier molecular flexibility index (Phi) is 6.12. The smallest absolute Gasteiger partial charge is 0.316 e. The molecule has 0 aliphatic carbocycles. The molecular formula is C22H21F3N6O2. The Morgan fingerprint density at radius 1 is 1.15 bits per heavy atom. The molecule has 1 amide bonds. The number of aromatic nitrogens is 4. The van der Waals surface area contributed by atoms with E-state index < -0.39 is 24.2 Å². The van der Waals surface area contributed by atoms with E-state index in [0.29, 0.717) is 0 Å². The molecule has 0 radical (unpaired) electrons. The van der Waals surface area contributed by atoms with Crippen molar-refractivity contribution in [2.24, 2.45) is 0 Å². The van der Waals surface area contributed by atoms with Gasteiger partial charge in [0.05, 0.1) is 23.9 Å². The molecular weight excluding hydrogens is 437 g/mol. The van der Waals surface area contributed by atoms with Crippen LogP contribution in [-0.2, 0) is 0 Å². The zero-order chi connectivity index (χ0) is 23.6. The Balaban J connectivity index is 1.72. The molecule has 0 bridgehead atoms.